The molecule has 0 radical (unpaired) electrons. The van der Waals surface area contributed by atoms with E-state index in [0.29, 0.717) is 21.9 Å². The summed E-state index contributed by atoms with van der Waals surface area (Å²) in [5, 5.41) is 2.44. The Morgan fingerprint density at radius 2 is 1.48 bits per heavy atom. The van der Waals surface area contributed by atoms with E-state index in [2.05, 4.69) is 123 Å². The molecule has 8 rings (SSSR count). The maximum absolute atomic E-state index is 8.24. The highest BCUT2D eigenvalue weighted by Gasteiger charge is 2.34. The molecule has 4 heteroatoms. The fourth-order valence-corrected chi connectivity index (χ4v) is 7.40. The third-order valence-electron chi connectivity index (χ3n) is 9.78. The SMILES string of the molecule is [2H]C([2H])([2H])c1cc2cc3c(cc2c(C([2H])([2H])[2H])n1)oc1c(-c2n(-c4c(C(C)C)cc(-c5ccccc5)cc4C(C)C)c4ccccc4[n+]2C)c(C)ccc13. The average molecular weight is 635 g/mol. The van der Waals surface area contributed by atoms with Crippen LogP contribution in [-0.4, -0.2) is 9.55 Å². The lowest BCUT2D eigenvalue weighted by atomic mass is 9.88. The summed E-state index contributed by atoms with van der Waals surface area (Å²) in [6, 6.07) is 32.8. The largest absolute Gasteiger partial charge is 0.455 e. The second-order valence-electron chi connectivity index (χ2n) is 13.5. The van der Waals surface area contributed by atoms with E-state index in [1.807, 2.05) is 18.2 Å². The molecule has 0 fully saturated rings. The molecule has 4 nitrogen and oxygen atoms in total. The average Bonchev–Trinajstić information content (AvgIpc) is 3.62. The summed E-state index contributed by atoms with van der Waals surface area (Å²) in [5.74, 6) is 1.36. The van der Waals surface area contributed by atoms with Crippen LogP contribution in [0.25, 0.3) is 71.9 Å². The van der Waals surface area contributed by atoms with Gasteiger partial charge in [-0.3, -0.25) is 4.98 Å². The molecular formula is C44H42N3O+. The smallest absolute Gasteiger partial charge is 0.299 e. The fraction of sp³-hybridized carbons (Fsp3) is 0.227. The second kappa shape index (κ2) is 11.2. The lowest BCUT2D eigenvalue weighted by Gasteiger charge is -2.21. The molecule has 0 spiro atoms. The molecule has 0 aliphatic rings. The highest BCUT2D eigenvalue weighted by molar-refractivity contribution is 6.13. The van der Waals surface area contributed by atoms with Crippen LogP contribution in [0, 0.1) is 20.6 Å². The van der Waals surface area contributed by atoms with Crippen LogP contribution in [0.15, 0.2) is 101 Å². The van der Waals surface area contributed by atoms with Crippen molar-refractivity contribution in [3.8, 4) is 28.2 Å². The van der Waals surface area contributed by atoms with Crippen LogP contribution >= 0.6 is 0 Å². The summed E-state index contributed by atoms with van der Waals surface area (Å²) in [6.45, 7) is 5.88. The van der Waals surface area contributed by atoms with E-state index in [1.54, 1.807) is 6.07 Å². The molecule has 8 aromatic rings. The first-order valence-corrected chi connectivity index (χ1v) is 16.6. The van der Waals surface area contributed by atoms with Crippen molar-refractivity contribution in [1.29, 1.82) is 0 Å². The molecule has 0 saturated carbocycles. The van der Waals surface area contributed by atoms with Crippen LogP contribution in [0.4, 0.5) is 0 Å². The normalized spacial score (nSPS) is 14.5. The number of para-hydroxylation sites is 2. The number of nitrogens with zero attached hydrogens (tertiary/aromatic N) is 3. The Kier molecular flexibility index (Phi) is 5.60. The maximum Gasteiger partial charge on any atom is 0.299 e. The summed E-state index contributed by atoms with van der Waals surface area (Å²) in [4.78, 5) is 4.16. The molecule has 48 heavy (non-hydrogen) atoms. The van der Waals surface area contributed by atoms with Gasteiger partial charge in [0.25, 0.3) is 5.82 Å². The monoisotopic (exact) mass is 634 g/mol. The molecule has 0 bridgehead atoms. The predicted octanol–water partition coefficient (Wildman–Crippen LogP) is 11.4. The van der Waals surface area contributed by atoms with E-state index in [0.717, 1.165) is 44.4 Å². The van der Waals surface area contributed by atoms with Crippen LogP contribution in [0.5, 0.6) is 0 Å². The van der Waals surface area contributed by atoms with Gasteiger partial charge >= 0.3 is 0 Å². The van der Waals surface area contributed by atoms with Gasteiger partial charge in [-0.25, -0.2) is 4.57 Å². The summed E-state index contributed by atoms with van der Waals surface area (Å²) < 4.78 is 60.2. The number of benzene rings is 5. The number of hydrogen-bond donors (Lipinski definition) is 0. The van der Waals surface area contributed by atoms with E-state index in [9.17, 15) is 0 Å². The van der Waals surface area contributed by atoms with Crippen molar-refractivity contribution in [3.05, 3.63) is 125 Å². The quantitative estimate of drug-likeness (QED) is 0.177. The molecule has 3 aromatic heterocycles. The van der Waals surface area contributed by atoms with Gasteiger partial charge < -0.3 is 4.42 Å². The lowest BCUT2D eigenvalue weighted by molar-refractivity contribution is -0.633. The van der Waals surface area contributed by atoms with E-state index in [4.69, 9.17) is 12.6 Å². The van der Waals surface area contributed by atoms with Gasteiger partial charge in [0.1, 0.15) is 16.8 Å². The molecule has 0 amide bonds. The van der Waals surface area contributed by atoms with Gasteiger partial charge in [-0.15, -0.1) is 0 Å². The lowest BCUT2D eigenvalue weighted by Crippen LogP contribution is -2.30. The van der Waals surface area contributed by atoms with Crippen LogP contribution in [0.3, 0.4) is 0 Å². The number of fused-ring (bicyclic) bond motifs is 5. The number of furan rings is 1. The third-order valence-corrected chi connectivity index (χ3v) is 9.78. The standard InChI is InChI=1S/C44H42N3O/c1-25(2)34-21-31(30-14-10-9-11-15-30)22-35(26(3)4)42(34)47-39-17-13-12-16-38(39)46(8)44(47)41-27(5)18-19-33-37-23-32-20-28(6)45-29(7)36(32)24-40(37)48-43(33)41/h9-26H,1-8H3/q+1/i6D3,7D3. The summed E-state index contributed by atoms with van der Waals surface area (Å²) >= 11 is 0. The predicted molar refractivity (Wildman–Crippen MR) is 200 cm³/mol. The molecule has 238 valence electrons. The number of imidazole rings is 1. The van der Waals surface area contributed by atoms with Gasteiger partial charge in [0.2, 0.25) is 0 Å². The van der Waals surface area contributed by atoms with E-state index >= 15 is 0 Å². The Morgan fingerprint density at radius 1 is 0.750 bits per heavy atom. The van der Waals surface area contributed by atoms with Gasteiger partial charge in [-0.2, -0.15) is 4.57 Å². The Bertz CT molecular complexity index is 2740. The Labute approximate surface area is 290 Å². The zero-order chi connectivity index (χ0) is 38.4. The Morgan fingerprint density at radius 3 is 2.19 bits per heavy atom. The first-order chi connectivity index (χ1) is 25.5. The van der Waals surface area contributed by atoms with Crippen LogP contribution in [0.2, 0.25) is 0 Å². The number of rotatable bonds is 5. The van der Waals surface area contributed by atoms with Crippen molar-refractivity contribution in [3.63, 3.8) is 0 Å². The van der Waals surface area contributed by atoms with Crippen molar-refractivity contribution in [2.24, 2.45) is 7.05 Å². The molecule has 0 saturated heterocycles. The third kappa shape index (κ3) is 4.57. The number of hydrogen-bond acceptors (Lipinski definition) is 2. The minimum atomic E-state index is -2.63. The minimum Gasteiger partial charge on any atom is -0.455 e. The van der Waals surface area contributed by atoms with Crippen LogP contribution in [-0.2, 0) is 7.05 Å². The highest BCUT2D eigenvalue weighted by Crippen LogP contribution is 2.43. The molecule has 3 heterocycles. The van der Waals surface area contributed by atoms with Gasteiger partial charge in [0.05, 0.1) is 7.05 Å². The van der Waals surface area contributed by atoms with Crippen molar-refractivity contribution in [1.82, 2.24) is 9.55 Å². The Balaban J connectivity index is 1.49. The van der Waals surface area contributed by atoms with E-state index in [1.165, 1.54) is 28.3 Å². The molecule has 0 N–H and O–H groups in total. The topological polar surface area (TPSA) is 34.8 Å². The summed E-state index contributed by atoms with van der Waals surface area (Å²) in [7, 11) is 2.09. The zero-order valence-corrected chi connectivity index (χ0v) is 28.1. The van der Waals surface area contributed by atoms with Crippen LogP contribution < -0.4 is 4.57 Å². The Hall–Kier alpha value is -5.22. The maximum atomic E-state index is 8.24. The van der Waals surface area contributed by atoms with Crippen molar-refractivity contribution < 1.29 is 17.2 Å². The fourth-order valence-electron chi connectivity index (χ4n) is 7.40. The molecule has 0 unspecified atom stereocenters. The van der Waals surface area contributed by atoms with Crippen LogP contribution in [0.1, 0.15) is 75.8 Å². The highest BCUT2D eigenvalue weighted by atomic mass is 16.3. The molecule has 0 aliphatic carbocycles. The first-order valence-electron chi connectivity index (χ1n) is 19.6. The molecule has 5 aromatic carbocycles. The van der Waals surface area contributed by atoms with E-state index < -0.39 is 13.7 Å². The zero-order valence-electron chi connectivity index (χ0n) is 34.1. The van der Waals surface area contributed by atoms with Crippen molar-refractivity contribution in [2.45, 2.75) is 60.2 Å². The molecule has 0 atom stereocenters. The molecular weight excluding hydrogens is 587 g/mol. The van der Waals surface area contributed by atoms with Gasteiger partial charge in [0, 0.05) is 46.9 Å². The minimum absolute atomic E-state index is 0.205. The van der Waals surface area contributed by atoms with Crippen molar-refractivity contribution >= 4 is 43.7 Å². The summed E-state index contributed by atoms with van der Waals surface area (Å²) in [5.41, 5.74) is 10.7. The van der Waals surface area contributed by atoms with E-state index in [-0.39, 0.29) is 23.2 Å². The van der Waals surface area contributed by atoms with Crippen molar-refractivity contribution in [2.75, 3.05) is 0 Å². The number of aryl methyl sites for hydroxylation is 4. The molecule has 0 aliphatic heterocycles. The number of pyridine rings is 1. The van der Waals surface area contributed by atoms with Gasteiger partial charge in [-0.1, -0.05) is 82.3 Å². The second-order valence-corrected chi connectivity index (χ2v) is 13.5. The summed E-state index contributed by atoms with van der Waals surface area (Å²) in [6.07, 6.45) is 0. The first kappa shape index (κ1) is 24.0. The van der Waals surface area contributed by atoms with Gasteiger partial charge in [0.15, 0.2) is 16.6 Å². The van der Waals surface area contributed by atoms with Gasteiger partial charge in [-0.05, 0) is 97.0 Å². The number of aromatic nitrogens is 3.